The SMILES string of the molecule is CCOc1ccc(Nc2nc(N(C)c3ccc(CC)cc3)ncc2C(F)(F)F)cc1. The van der Waals surface area contributed by atoms with Crippen LogP contribution >= 0.6 is 0 Å². The fourth-order valence-corrected chi connectivity index (χ4v) is 2.85. The Labute approximate surface area is 173 Å². The Hall–Kier alpha value is -3.29. The van der Waals surface area contributed by atoms with Crippen LogP contribution < -0.4 is 15.0 Å². The van der Waals surface area contributed by atoms with Crippen molar-refractivity contribution in [2.75, 3.05) is 23.9 Å². The van der Waals surface area contributed by atoms with Gasteiger partial charge in [0.15, 0.2) is 0 Å². The fourth-order valence-electron chi connectivity index (χ4n) is 2.85. The number of halogens is 3. The van der Waals surface area contributed by atoms with Gasteiger partial charge in [0.2, 0.25) is 5.95 Å². The van der Waals surface area contributed by atoms with Crippen LogP contribution in [0.3, 0.4) is 0 Å². The van der Waals surface area contributed by atoms with Crippen molar-refractivity contribution in [3.05, 3.63) is 65.9 Å². The number of aryl methyl sites for hydroxylation is 1. The lowest BCUT2D eigenvalue weighted by Gasteiger charge is -2.20. The maximum atomic E-state index is 13.5. The van der Waals surface area contributed by atoms with E-state index in [4.69, 9.17) is 4.74 Å². The highest BCUT2D eigenvalue weighted by Crippen LogP contribution is 2.36. The largest absolute Gasteiger partial charge is 0.494 e. The number of hydrogen-bond acceptors (Lipinski definition) is 5. The Bertz CT molecular complexity index is 973. The van der Waals surface area contributed by atoms with E-state index < -0.39 is 11.7 Å². The van der Waals surface area contributed by atoms with Gasteiger partial charge in [0.1, 0.15) is 17.1 Å². The van der Waals surface area contributed by atoms with Crippen molar-refractivity contribution < 1.29 is 17.9 Å². The molecule has 5 nitrogen and oxygen atoms in total. The molecule has 3 aromatic rings. The maximum Gasteiger partial charge on any atom is 0.421 e. The molecule has 0 bridgehead atoms. The van der Waals surface area contributed by atoms with Crippen LogP contribution in [-0.2, 0) is 12.6 Å². The van der Waals surface area contributed by atoms with Gasteiger partial charge in [-0.2, -0.15) is 18.2 Å². The first kappa shape index (κ1) is 21.4. The number of anilines is 4. The highest BCUT2D eigenvalue weighted by atomic mass is 19.4. The van der Waals surface area contributed by atoms with E-state index in [1.165, 1.54) is 5.56 Å². The zero-order chi connectivity index (χ0) is 21.7. The summed E-state index contributed by atoms with van der Waals surface area (Å²) in [7, 11) is 1.71. The standard InChI is InChI=1S/C22H23F3N4O/c1-4-15-6-10-17(11-7-15)29(3)21-26-14-19(22(23,24)25)20(28-21)27-16-8-12-18(13-9-16)30-5-2/h6-14H,4-5H2,1-3H3,(H,26,27,28). The number of alkyl halides is 3. The summed E-state index contributed by atoms with van der Waals surface area (Å²) in [6.07, 6.45) is -2.89. The number of benzene rings is 2. The van der Waals surface area contributed by atoms with Crippen molar-refractivity contribution in [2.24, 2.45) is 0 Å². The average Bonchev–Trinajstić information content (AvgIpc) is 2.74. The summed E-state index contributed by atoms with van der Waals surface area (Å²) in [6, 6.07) is 14.4. The second-order valence-corrected chi connectivity index (χ2v) is 6.59. The summed E-state index contributed by atoms with van der Waals surface area (Å²) >= 11 is 0. The number of ether oxygens (including phenoxy) is 1. The smallest absolute Gasteiger partial charge is 0.421 e. The van der Waals surface area contributed by atoms with Gasteiger partial charge in [-0.1, -0.05) is 19.1 Å². The molecule has 0 unspecified atom stereocenters. The molecule has 0 spiro atoms. The number of nitrogens with zero attached hydrogens (tertiary/aromatic N) is 3. The van der Waals surface area contributed by atoms with E-state index in [1.54, 1.807) is 36.2 Å². The molecule has 0 saturated carbocycles. The van der Waals surface area contributed by atoms with E-state index in [2.05, 4.69) is 22.2 Å². The molecule has 0 aliphatic carbocycles. The molecular weight excluding hydrogens is 393 g/mol. The molecule has 0 amide bonds. The molecule has 0 saturated heterocycles. The lowest BCUT2D eigenvalue weighted by Crippen LogP contribution is -2.17. The summed E-state index contributed by atoms with van der Waals surface area (Å²) in [5, 5.41) is 2.76. The predicted octanol–water partition coefficient (Wildman–Crippen LogP) is 5.97. The van der Waals surface area contributed by atoms with E-state index in [0.717, 1.165) is 18.3 Å². The van der Waals surface area contributed by atoms with E-state index >= 15 is 0 Å². The van der Waals surface area contributed by atoms with E-state index in [1.807, 2.05) is 31.2 Å². The third-order valence-corrected chi connectivity index (χ3v) is 4.54. The quantitative estimate of drug-likeness (QED) is 0.514. The third-order valence-electron chi connectivity index (χ3n) is 4.54. The highest BCUT2D eigenvalue weighted by molar-refractivity contribution is 5.64. The van der Waals surface area contributed by atoms with Gasteiger partial charge in [0.05, 0.1) is 6.61 Å². The van der Waals surface area contributed by atoms with Gasteiger partial charge in [-0.3, -0.25) is 0 Å². The number of aromatic nitrogens is 2. The Balaban J connectivity index is 1.93. The maximum absolute atomic E-state index is 13.5. The minimum atomic E-state index is -4.59. The molecule has 158 valence electrons. The topological polar surface area (TPSA) is 50.3 Å². The molecule has 0 radical (unpaired) electrons. The molecule has 0 atom stereocenters. The first-order chi connectivity index (χ1) is 14.3. The Morgan fingerprint density at radius 1 is 1.00 bits per heavy atom. The van der Waals surface area contributed by atoms with Gasteiger partial charge < -0.3 is 15.0 Å². The monoisotopic (exact) mass is 416 g/mol. The Morgan fingerprint density at radius 2 is 1.67 bits per heavy atom. The second-order valence-electron chi connectivity index (χ2n) is 6.59. The van der Waals surface area contributed by atoms with Crippen molar-refractivity contribution in [2.45, 2.75) is 26.4 Å². The minimum Gasteiger partial charge on any atom is -0.494 e. The third kappa shape index (κ3) is 5.00. The van der Waals surface area contributed by atoms with E-state index in [-0.39, 0.29) is 11.8 Å². The van der Waals surface area contributed by atoms with Gasteiger partial charge in [0, 0.05) is 24.6 Å². The first-order valence-electron chi connectivity index (χ1n) is 9.58. The molecule has 8 heteroatoms. The highest BCUT2D eigenvalue weighted by Gasteiger charge is 2.35. The lowest BCUT2D eigenvalue weighted by atomic mass is 10.1. The van der Waals surface area contributed by atoms with Gasteiger partial charge in [-0.25, -0.2) is 4.98 Å². The minimum absolute atomic E-state index is 0.153. The first-order valence-corrected chi connectivity index (χ1v) is 9.58. The van der Waals surface area contributed by atoms with Crippen molar-refractivity contribution in [3.63, 3.8) is 0 Å². The van der Waals surface area contributed by atoms with Crippen molar-refractivity contribution in [3.8, 4) is 5.75 Å². The molecule has 30 heavy (non-hydrogen) atoms. The molecule has 0 aliphatic heterocycles. The zero-order valence-electron chi connectivity index (χ0n) is 17.0. The van der Waals surface area contributed by atoms with Gasteiger partial charge >= 0.3 is 6.18 Å². The van der Waals surface area contributed by atoms with Gasteiger partial charge in [-0.05, 0) is 55.3 Å². The molecule has 3 rings (SSSR count). The summed E-state index contributed by atoms with van der Waals surface area (Å²) in [5.74, 6) is 0.479. The molecule has 0 aliphatic rings. The summed E-state index contributed by atoms with van der Waals surface area (Å²) in [5.41, 5.74) is 1.47. The summed E-state index contributed by atoms with van der Waals surface area (Å²) in [6.45, 7) is 4.42. The normalized spacial score (nSPS) is 11.3. The molecule has 0 fully saturated rings. The Kier molecular flexibility index (Phi) is 6.44. The van der Waals surface area contributed by atoms with Crippen molar-refractivity contribution in [1.82, 2.24) is 9.97 Å². The van der Waals surface area contributed by atoms with Crippen LogP contribution in [0.5, 0.6) is 5.75 Å². The molecule has 1 aromatic heterocycles. The van der Waals surface area contributed by atoms with Crippen LogP contribution in [0.1, 0.15) is 25.0 Å². The molecular formula is C22H23F3N4O. The van der Waals surface area contributed by atoms with Crippen LogP contribution in [0.15, 0.2) is 54.7 Å². The van der Waals surface area contributed by atoms with Crippen molar-refractivity contribution >= 4 is 23.1 Å². The lowest BCUT2D eigenvalue weighted by molar-refractivity contribution is -0.137. The molecule has 2 aromatic carbocycles. The van der Waals surface area contributed by atoms with Crippen LogP contribution in [0, 0.1) is 0 Å². The average molecular weight is 416 g/mol. The summed E-state index contributed by atoms with van der Waals surface area (Å²) in [4.78, 5) is 9.75. The van der Waals surface area contributed by atoms with Crippen LogP contribution in [0.2, 0.25) is 0 Å². The zero-order valence-corrected chi connectivity index (χ0v) is 17.0. The fraction of sp³-hybridized carbons (Fsp3) is 0.273. The predicted molar refractivity (Wildman–Crippen MR) is 112 cm³/mol. The molecule has 1 heterocycles. The van der Waals surface area contributed by atoms with E-state index in [0.29, 0.717) is 18.0 Å². The van der Waals surface area contributed by atoms with Crippen LogP contribution in [0.25, 0.3) is 0 Å². The van der Waals surface area contributed by atoms with Gasteiger partial charge in [-0.15, -0.1) is 0 Å². The number of hydrogen-bond donors (Lipinski definition) is 1. The second kappa shape index (κ2) is 9.02. The van der Waals surface area contributed by atoms with Crippen LogP contribution in [-0.4, -0.2) is 23.6 Å². The number of rotatable bonds is 7. The van der Waals surface area contributed by atoms with Gasteiger partial charge in [0.25, 0.3) is 0 Å². The van der Waals surface area contributed by atoms with Crippen LogP contribution in [0.4, 0.5) is 36.3 Å². The Morgan fingerprint density at radius 3 is 2.23 bits per heavy atom. The molecule has 1 N–H and O–H groups in total. The van der Waals surface area contributed by atoms with E-state index in [9.17, 15) is 13.2 Å². The van der Waals surface area contributed by atoms with Crippen molar-refractivity contribution in [1.29, 1.82) is 0 Å². The number of nitrogens with one attached hydrogen (secondary N) is 1. The summed E-state index contributed by atoms with van der Waals surface area (Å²) < 4.78 is 45.9.